The largest absolute Gasteiger partial charge is 0.451 e. The molecule has 0 aliphatic carbocycles. The van der Waals surface area contributed by atoms with E-state index >= 15 is 0 Å². The highest BCUT2D eigenvalue weighted by molar-refractivity contribution is 5.92. The highest BCUT2D eigenvalue weighted by atomic mass is 16.5. The van der Waals surface area contributed by atoms with Crippen LogP contribution < -0.4 is 16.1 Å². The Morgan fingerprint density at radius 3 is 2.55 bits per heavy atom. The Morgan fingerprint density at radius 1 is 1.10 bits per heavy atom. The van der Waals surface area contributed by atoms with Gasteiger partial charge in [-0.1, -0.05) is 44.2 Å². The number of fused-ring (bicyclic) bond motifs is 4. The first-order chi connectivity index (χ1) is 19.9. The van der Waals surface area contributed by atoms with Crippen LogP contribution in [0.4, 0.5) is 0 Å². The van der Waals surface area contributed by atoms with E-state index in [1.54, 1.807) is 33.8 Å². The molecule has 2 aliphatic rings. The van der Waals surface area contributed by atoms with Crippen LogP contribution in [0.2, 0.25) is 0 Å². The molecule has 11 nitrogen and oxygen atoms in total. The highest BCUT2D eigenvalue weighted by Gasteiger charge is 2.37. The summed E-state index contributed by atoms with van der Waals surface area (Å²) in [4.78, 5) is 58.2. The molecule has 0 unspecified atom stereocenters. The molecule has 4 rings (SSSR count). The van der Waals surface area contributed by atoms with Crippen LogP contribution in [0.25, 0.3) is 17.0 Å². The zero-order valence-electron chi connectivity index (χ0n) is 25.1. The number of cyclic esters (lactones) is 1. The third-order valence-electron chi connectivity index (χ3n) is 7.57. The number of ether oxygens (including phenoxy) is 2. The molecule has 11 heteroatoms. The third-order valence-corrected chi connectivity index (χ3v) is 7.57. The van der Waals surface area contributed by atoms with Crippen LogP contribution in [-0.2, 0) is 28.7 Å². The number of aromatic nitrogens is 1. The summed E-state index contributed by atoms with van der Waals surface area (Å²) in [6.45, 7) is 9.08. The molecule has 5 bridgehead atoms. The van der Waals surface area contributed by atoms with Crippen molar-refractivity contribution < 1.29 is 28.7 Å². The Kier molecular flexibility index (Phi) is 9.63. The van der Waals surface area contributed by atoms with Gasteiger partial charge in [-0.15, -0.1) is 0 Å². The summed E-state index contributed by atoms with van der Waals surface area (Å²) >= 11 is 0. The van der Waals surface area contributed by atoms with Gasteiger partial charge < -0.3 is 20.1 Å². The summed E-state index contributed by atoms with van der Waals surface area (Å²) in [6.07, 6.45) is 3.54. The second-order valence-corrected chi connectivity index (χ2v) is 11.9. The van der Waals surface area contributed by atoms with Crippen molar-refractivity contribution in [3.8, 4) is 0 Å². The lowest BCUT2D eigenvalue weighted by molar-refractivity contribution is -0.165. The van der Waals surface area contributed by atoms with E-state index in [1.807, 2.05) is 43.3 Å². The van der Waals surface area contributed by atoms with E-state index in [-0.39, 0.29) is 24.5 Å². The molecular weight excluding hydrogens is 538 g/mol. The van der Waals surface area contributed by atoms with Gasteiger partial charge in [0, 0.05) is 19.0 Å². The number of benzene rings is 1. The lowest BCUT2D eigenvalue weighted by atomic mass is 9.92. The molecule has 0 radical (unpaired) electrons. The van der Waals surface area contributed by atoms with Gasteiger partial charge in [0.25, 0.3) is 11.8 Å². The number of amides is 3. The van der Waals surface area contributed by atoms with Crippen LogP contribution in [0, 0.1) is 11.3 Å². The first-order valence-corrected chi connectivity index (χ1v) is 14.4. The van der Waals surface area contributed by atoms with Crippen molar-refractivity contribution >= 4 is 40.7 Å². The quantitative estimate of drug-likeness (QED) is 0.472. The second kappa shape index (κ2) is 13.0. The number of hydrazine groups is 1. The van der Waals surface area contributed by atoms with Gasteiger partial charge in [-0.25, -0.2) is 5.43 Å². The number of hydrogen-bond acceptors (Lipinski definition) is 8. The fourth-order valence-electron chi connectivity index (χ4n) is 4.93. The molecule has 2 aliphatic heterocycles. The molecule has 1 fully saturated rings. The predicted octanol–water partition coefficient (Wildman–Crippen LogP) is 2.66. The van der Waals surface area contributed by atoms with Crippen LogP contribution >= 0.6 is 0 Å². The first-order valence-electron chi connectivity index (χ1n) is 14.4. The van der Waals surface area contributed by atoms with Gasteiger partial charge in [0.15, 0.2) is 6.10 Å². The molecule has 3 heterocycles. The van der Waals surface area contributed by atoms with Crippen molar-refractivity contribution in [1.82, 2.24) is 26.1 Å². The minimum Gasteiger partial charge on any atom is -0.451 e. The van der Waals surface area contributed by atoms with E-state index in [0.717, 1.165) is 16.5 Å². The molecule has 4 atom stereocenters. The Balaban J connectivity index is 1.72. The third kappa shape index (κ3) is 7.14. The average Bonchev–Trinajstić information content (AvgIpc) is 2.96. The van der Waals surface area contributed by atoms with Gasteiger partial charge in [0.1, 0.15) is 12.1 Å². The van der Waals surface area contributed by atoms with Crippen molar-refractivity contribution in [2.45, 2.75) is 71.7 Å². The minimum absolute atomic E-state index is 0.101. The van der Waals surface area contributed by atoms with Crippen LogP contribution in [-0.4, -0.2) is 72.1 Å². The van der Waals surface area contributed by atoms with E-state index in [9.17, 15) is 19.2 Å². The van der Waals surface area contributed by atoms with Gasteiger partial charge in [-0.05, 0) is 57.2 Å². The molecule has 1 aromatic heterocycles. The normalized spacial score (nSPS) is 25.7. The topological polar surface area (TPSA) is 139 Å². The van der Waals surface area contributed by atoms with E-state index in [2.05, 4.69) is 16.1 Å². The Hall–Kier alpha value is -3.83. The number of rotatable bonds is 3. The van der Waals surface area contributed by atoms with Gasteiger partial charge in [-0.2, -0.15) is 0 Å². The molecule has 1 aromatic carbocycles. The zero-order chi connectivity index (χ0) is 30.6. The number of methoxy groups -OCH3 is 1. The molecule has 226 valence electrons. The molecule has 1 saturated heterocycles. The summed E-state index contributed by atoms with van der Waals surface area (Å²) in [5.74, 6) is -2.25. The highest BCUT2D eigenvalue weighted by Crippen LogP contribution is 2.25. The molecule has 0 saturated carbocycles. The summed E-state index contributed by atoms with van der Waals surface area (Å²) in [7, 11) is 1.43. The van der Waals surface area contributed by atoms with Crippen LogP contribution in [0.1, 0.15) is 64.8 Å². The fraction of sp³-hybridized carbons (Fsp3) is 0.516. The SMILES string of the molecule is COC[C@H]1NC(=O)[C@H](C(C)C)OC(=O)C(C)(C)C=Cc2ccc3ccc(nc3c2)[C@@H](C)NC(=O)[C@@H]2CCCN(N2)C1=O. The molecule has 0 spiro atoms. The van der Waals surface area contributed by atoms with Gasteiger partial charge >= 0.3 is 5.97 Å². The lowest BCUT2D eigenvalue weighted by Crippen LogP contribution is -2.62. The molecule has 3 amide bonds. The number of carbonyl (C=O) groups is 4. The van der Waals surface area contributed by atoms with Crippen molar-refractivity contribution in [2.75, 3.05) is 20.3 Å². The van der Waals surface area contributed by atoms with Gasteiger partial charge in [0.05, 0.1) is 29.3 Å². The van der Waals surface area contributed by atoms with Crippen molar-refractivity contribution in [3.05, 3.63) is 47.7 Å². The maximum atomic E-state index is 13.5. The molecule has 2 aromatic rings. The molecule has 3 N–H and O–H groups in total. The summed E-state index contributed by atoms with van der Waals surface area (Å²) in [5.41, 5.74) is 4.24. The molecule has 42 heavy (non-hydrogen) atoms. The summed E-state index contributed by atoms with van der Waals surface area (Å²) < 4.78 is 11.0. The predicted molar refractivity (Wildman–Crippen MR) is 158 cm³/mol. The van der Waals surface area contributed by atoms with Crippen LogP contribution in [0.5, 0.6) is 0 Å². The maximum absolute atomic E-state index is 13.5. The number of esters is 1. The summed E-state index contributed by atoms with van der Waals surface area (Å²) in [6, 6.07) is 7.54. The van der Waals surface area contributed by atoms with E-state index in [4.69, 9.17) is 14.5 Å². The first kappa shape index (κ1) is 31.1. The summed E-state index contributed by atoms with van der Waals surface area (Å²) in [5, 5.41) is 8.01. The fourth-order valence-corrected chi connectivity index (χ4v) is 4.93. The number of nitrogens with zero attached hydrogens (tertiary/aromatic N) is 2. The smallest absolute Gasteiger partial charge is 0.316 e. The Morgan fingerprint density at radius 2 is 1.83 bits per heavy atom. The van der Waals surface area contributed by atoms with Gasteiger partial charge in [0.2, 0.25) is 5.91 Å². The minimum atomic E-state index is -1.14. The standard InChI is InChI=1S/C31H41N5O6/c1-18(2)26-28(38)34-25(17-41-6)29(39)36-15-7-8-23(35-36)27(37)32-19(3)22-12-11-21-10-9-20(16-24(21)33-22)13-14-31(4,5)30(40)42-26/h9-14,16,18-19,23,25-26,35H,7-8,15,17H2,1-6H3,(H,32,37)(H,34,38)/t19-,23+,25-,26+/m1/s1. The number of carbonyl (C=O) groups excluding carboxylic acids is 4. The second-order valence-electron chi connectivity index (χ2n) is 11.9. The van der Waals surface area contributed by atoms with Crippen molar-refractivity contribution in [2.24, 2.45) is 11.3 Å². The van der Waals surface area contributed by atoms with Crippen molar-refractivity contribution in [3.63, 3.8) is 0 Å². The van der Waals surface area contributed by atoms with E-state index < -0.39 is 41.4 Å². The Bertz CT molecular complexity index is 1370. The average molecular weight is 580 g/mol. The monoisotopic (exact) mass is 579 g/mol. The van der Waals surface area contributed by atoms with Crippen molar-refractivity contribution in [1.29, 1.82) is 0 Å². The number of hydrogen-bond donors (Lipinski definition) is 3. The van der Waals surface area contributed by atoms with Gasteiger partial charge in [-0.3, -0.25) is 29.2 Å². The van der Waals surface area contributed by atoms with Crippen LogP contribution in [0.15, 0.2) is 36.4 Å². The van der Waals surface area contributed by atoms with E-state index in [0.29, 0.717) is 25.1 Å². The Labute approximate surface area is 246 Å². The number of pyridine rings is 1. The lowest BCUT2D eigenvalue weighted by Gasteiger charge is -2.36. The zero-order valence-corrected chi connectivity index (χ0v) is 25.1. The maximum Gasteiger partial charge on any atom is 0.316 e. The van der Waals surface area contributed by atoms with Crippen LogP contribution in [0.3, 0.4) is 0 Å². The van der Waals surface area contributed by atoms with E-state index in [1.165, 1.54) is 12.1 Å². The molecular formula is C31H41N5O6. The number of nitrogens with one attached hydrogen (secondary N) is 3.